The highest BCUT2D eigenvalue weighted by molar-refractivity contribution is 5.92. The first kappa shape index (κ1) is 8.26. The molecule has 0 aliphatic rings. The van der Waals surface area contributed by atoms with E-state index in [2.05, 4.69) is 27.0 Å². The Kier molecular flexibility index (Phi) is 1.88. The predicted molar refractivity (Wildman–Crippen MR) is 50.0 cm³/mol. The van der Waals surface area contributed by atoms with Crippen LogP contribution in [0.3, 0.4) is 0 Å². The van der Waals surface area contributed by atoms with Gasteiger partial charge in [0, 0.05) is 17.7 Å². The van der Waals surface area contributed by atoms with E-state index in [9.17, 15) is 4.79 Å². The Balaban J connectivity index is 2.45. The maximum absolute atomic E-state index is 10.4. The lowest BCUT2D eigenvalue weighted by molar-refractivity contribution is -0.112. The molecule has 0 bridgehead atoms. The van der Waals surface area contributed by atoms with Crippen molar-refractivity contribution in [3.63, 3.8) is 0 Å². The SMILES string of the molecule is NC(=O)C#Cc1cnc2cn[nH]c2c1. The molecule has 5 heteroatoms. The van der Waals surface area contributed by atoms with Gasteiger partial charge in [0.15, 0.2) is 0 Å². The summed E-state index contributed by atoms with van der Waals surface area (Å²) >= 11 is 0. The van der Waals surface area contributed by atoms with Crippen LogP contribution in [0, 0.1) is 11.8 Å². The molecule has 0 saturated heterocycles. The number of amides is 1. The van der Waals surface area contributed by atoms with Crippen LogP contribution in [0.1, 0.15) is 5.56 Å². The van der Waals surface area contributed by atoms with Gasteiger partial charge in [0.2, 0.25) is 0 Å². The normalized spacial score (nSPS) is 9.43. The van der Waals surface area contributed by atoms with Gasteiger partial charge in [-0.3, -0.25) is 14.9 Å². The number of primary amides is 1. The molecule has 0 aliphatic heterocycles. The molecule has 0 radical (unpaired) electrons. The van der Waals surface area contributed by atoms with Crippen molar-refractivity contribution < 1.29 is 4.79 Å². The molecule has 0 aromatic carbocycles. The summed E-state index contributed by atoms with van der Waals surface area (Å²) in [5, 5.41) is 6.56. The van der Waals surface area contributed by atoms with Crippen LogP contribution in [0.5, 0.6) is 0 Å². The first-order valence-electron chi connectivity index (χ1n) is 3.86. The summed E-state index contributed by atoms with van der Waals surface area (Å²) in [4.78, 5) is 14.5. The second-order valence-corrected chi connectivity index (χ2v) is 2.64. The van der Waals surface area contributed by atoms with Crippen LogP contribution >= 0.6 is 0 Å². The molecule has 2 aromatic heterocycles. The largest absolute Gasteiger partial charge is 0.359 e. The molecule has 2 heterocycles. The Hall–Kier alpha value is -2.35. The maximum Gasteiger partial charge on any atom is 0.293 e. The van der Waals surface area contributed by atoms with Gasteiger partial charge in [-0.25, -0.2) is 0 Å². The second kappa shape index (κ2) is 3.18. The number of nitrogens with zero attached hydrogens (tertiary/aromatic N) is 2. The smallest absolute Gasteiger partial charge is 0.293 e. The van der Waals surface area contributed by atoms with E-state index in [1.807, 2.05) is 0 Å². The van der Waals surface area contributed by atoms with Crippen molar-refractivity contribution in [2.75, 3.05) is 0 Å². The zero-order chi connectivity index (χ0) is 9.97. The Labute approximate surface area is 79.3 Å². The van der Waals surface area contributed by atoms with Crippen LogP contribution in [0.2, 0.25) is 0 Å². The van der Waals surface area contributed by atoms with Gasteiger partial charge in [0.1, 0.15) is 5.52 Å². The van der Waals surface area contributed by atoms with Gasteiger partial charge in [-0.1, -0.05) is 5.92 Å². The Morgan fingerprint density at radius 1 is 1.50 bits per heavy atom. The Morgan fingerprint density at radius 3 is 3.14 bits per heavy atom. The van der Waals surface area contributed by atoms with Gasteiger partial charge in [-0.2, -0.15) is 5.10 Å². The summed E-state index contributed by atoms with van der Waals surface area (Å²) in [5.41, 5.74) is 7.04. The molecule has 2 rings (SSSR count). The fraction of sp³-hybridized carbons (Fsp3) is 0. The Bertz CT molecular complexity index is 546. The number of H-pyrrole nitrogens is 1. The second-order valence-electron chi connectivity index (χ2n) is 2.64. The number of aromatic nitrogens is 3. The summed E-state index contributed by atoms with van der Waals surface area (Å²) in [7, 11) is 0. The number of carbonyl (C=O) groups is 1. The van der Waals surface area contributed by atoms with E-state index in [-0.39, 0.29) is 0 Å². The molecule has 1 amide bonds. The molecule has 0 spiro atoms. The topological polar surface area (TPSA) is 84.7 Å². The van der Waals surface area contributed by atoms with E-state index in [0.29, 0.717) is 5.56 Å². The van der Waals surface area contributed by atoms with Gasteiger partial charge >= 0.3 is 0 Å². The summed E-state index contributed by atoms with van der Waals surface area (Å²) < 4.78 is 0. The molecule has 0 saturated carbocycles. The quantitative estimate of drug-likeness (QED) is 0.558. The first-order chi connectivity index (χ1) is 6.75. The number of hydrogen-bond donors (Lipinski definition) is 2. The molecule has 0 aliphatic carbocycles. The predicted octanol–water partition coefficient (Wildman–Crippen LogP) is -0.205. The highest BCUT2D eigenvalue weighted by Gasteiger charge is 1.96. The minimum Gasteiger partial charge on any atom is -0.359 e. The summed E-state index contributed by atoms with van der Waals surface area (Å²) in [6.45, 7) is 0. The number of carbonyl (C=O) groups excluding carboxylic acids is 1. The highest BCUT2D eigenvalue weighted by atomic mass is 16.1. The van der Waals surface area contributed by atoms with Crippen LogP contribution in [-0.2, 0) is 4.79 Å². The number of hydrogen-bond acceptors (Lipinski definition) is 3. The number of rotatable bonds is 0. The standard InChI is InChI=1S/C9H6N4O/c10-9(14)2-1-6-3-7-8(11-4-6)5-12-13-7/h3-5H,(H2,10,14)(H,12,13). The van der Waals surface area contributed by atoms with Crippen LogP contribution in [0.25, 0.3) is 11.0 Å². The van der Waals surface area contributed by atoms with Crippen LogP contribution in [0.4, 0.5) is 0 Å². The number of nitrogens with two attached hydrogens (primary N) is 1. The molecule has 0 fully saturated rings. The molecule has 0 unspecified atom stereocenters. The van der Waals surface area contributed by atoms with Crippen molar-refractivity contribution in [2.45, 2.75) is 0 Å². The third-order valence-corrected chi connectivity index (χ3v) is 1.62. The van der Waals surface area contributed by atoms with Crippen molar-refractivity contribution in [1.82, 2.24) is 15.2 Å². The van der Waals surface area contributed by atoms with E-state index >= 15 is 0 Å². The van der Waals surface area contributed by atoms with Gasteiger partial charge in [-0.05, 0) is 6.07 Å². The fourth-order valence-electron chi connectivity index (χ4n) is 1.03. The minimum absolute atomic E-state index is 0.626. The molecule has 5 nitrogen and oxygen atoms in total. The molecular weight excluding hydrogens is 180 g/mol. The van der Waals surface area contributed by atoms with E-state index in [1.54, 1.807) is 18.5 Å². The molecule has 2 aromatic rings. The summed E-state index contributed by atoms with van der Waals surface area (Å²) in [6, 6.07) is 1.76. The number of fused-ring (bicyclic) bond motifs is 1. The van der Waals surface area contributed by atoms with E-state index in [1.165, 1.54) is 0 Å². The molecular formula is C9H6N4O. The van der Waals surface area contributed by atoms with Crippen molar-refractivity contribution >= 4 is 16.9 Å². The highest BCUT2D eigenvalue weighted by Crippen LogP contribution is 2.07. The zero-order valence-electron chi connectivity index (χ0n) is 7.11. The molecule has 3 N–H and O–H groups in total. The Morgan fingerprint density at radius 2 is 2.36 bits per heavy atom. The molecule has 14 heavy (non-hydrogen) atoms. The fourth-order valence-corrected chi connectivity index (χ4v) is 1.03. The molecule has 0 atom stereocenters. The number of pyridine rings is 1. The first-order valence-corrected chi connectivity index (χ1v) is 3.86. The average Bonchev–Trinajstić information content (AvgIpc) is 2.61. The summed E-state index contributed by atoms with van der Waals surface area (Å²) in [6.07, 6.45) is 3.18. The van der Waals surface area contributed by atoms with Gasteiger partial charge in [-0.15, -0.1) is 0 Å². The monoisotopic (exact) mass is 186 g/mol. The van der Waals surface area contributed by atoms with E-state index < -0.39 is 5.91 Å². The van der Waals surface area contributed by atoms with Gasteiger partial charge in [0.25, 0.3) is 5.91 Å². The van der Waals surface area contributed by atoms with Crippen LogP contribution < -0.4 is 5.73 Å². The van der Waals surface area contributed by atoms with Crippen molar-refractivity contribution in [1.29, 1.82) is 0 Å². The van der Waals surface area contributed by atoms with E-state index in [4.69, 9.17) is 5.73 Å². The van der Waals surface area contributed by atoms with Gasteiger partial charge < -0.3 is 5.73 Å². The number of nitrogens with one attached hydrogen (secondary N) is 1. The van der Waals surface area contributed by atoms with Crippen LogP contribution in [0.15, 0.2) is 18.5 Å². The third-order valence-electron chi connectivity index (χ3n) is 1.62. The summed E-state index contributed by atoms with van der Waals surface area (Å²) in [5.74, 6) is 4.17. The lowest BCUT2D eigenvalue weighted by atomic mass is 10.2. The zero-order valence-corrected chi connectivity index (χ0v) is 7.11. The van der Waals surface area contributed by atoms with Crippen molar-refractivity contribution in [2.24, 2.45) is 5.73 Å². The maximum atomic E-state index is 10.4. The lowest BCUT2D eigenvalue weighted by Gasteiger charge is -1.89. The van der Waals surface area contributed by atoms with Crippen molar-refractivity contribution in [3.8, 4) is 11.8 Å². The van der Waals surface area contributed by atoms with E-state index in [0.717, 1.165) is 11.0 Å². The average molecular weight is 186 g/mol. The van der Waals surface area contributed by atoms with Gasteiger partial charge in [0.05, 0.1) is 11.7 Å². The van der Waals surface area contributed by atoms with Crippen molar-refractivity contribution in [3.05, 3.63) is 24.0 Å². The number of aromatic amines is 1. The lowest BCUT2D eigenvalue weighted by Crippen LogP contribution is -2.06. The minimum atomic E-state index is -0.658. The third kappa shape index (κ3) is 1.54. The van der Waals surface area contributed by atoms with Crippen LogP contribution in [-0.4, -0.2) is 21.1 Å². The molecule has 68 valence electrons.